The average molecular weight is 378 g/mol. The molecule has 0 radical (unpaired) electrons. The van der Waals surface area contributed by atoms with E-state index in [1.165, 1.54) is 18.4 Å². The Labute approximate surface area is 147 Å². The molecule has 3 nitrogen and oxygen atoms in total. The largest absolute Gasteiger partial charge is 0.493 e. The summed E-state index contributed by atoms with van der Waals surface area (Å²) in [5.74, 6) is 1.51. The van der Waals surface area contributed by atoms with Crippen LogP contribution in [0.1, 0.15) is 30.9 Å². The summed E-state index contributed by atoms with van der Waals surface area (Å²) < 4.78 is 12.4. The van der Waals surface area contributed by atoms with E-state index in [1.807, 2.05) is 42.5 Å². The van der Waals surface area contributed by atoms with Crippen molar-refractivity contribution in [3.8, 4) is 11.5 Å². The zero-order chi connectivity index (χ0) is 16.5. The molecular formula is C19H24BrNO2. The van der Waals surface area contributed by atoms with E-state index in [4.69, 9.17) is 9.47 Å². The van der Waals surface area contributed by atoms with Crippen LogP contribution in [0.4, 0.5) is 0 Å². The Morgan fingerprint density at radius 3 is 2.57 bits per heavy atom. The Kier molecular flexibility index (Phi) is 7.43. The molecule has 0 spiro atoms. The van der Waals surface area contributed by atoms with Crippen molar-refractivity contribution in [3.05, 3.63) is 58.1 Å². The molecule has 0 heterocycles. The first-order valence-corrected chi connectivity index (χ1v) is 8.77. The predicted molar refractivity (Wildman–Crippen MR) is 98.1 cm³/mol. The van der Waals surface area contributed by atoms with Crippen molar-refractivity contribution >= 4 is 15.9 Å². The topological polar surface area (TPSA) is 30.5 Å². The molecule has 2 aromatic rings. The molecule has 0 saturated heterocycles. The van der Waals surface area contributed by atoms with Crippen molar-refractivity contribution in [2.45, 2.75) is 32.9 Å². The quantitative estimate of drug-likeness (QED) is 0.628. The second kappa shape index (κ2) is 9.58. The average Bonchev–Trinajstić information content (AvgIpc) is 2.59. The highest BCUT2D eigenvalue weighted by Gasteiger charge is 2.10. The molecule has 0 aliphatic heterocycles. The number of halogens is 1. The standard InChI is InChI=1S/C19H24BrNO2/c1-3-4-10-21-13-16-11-18(22-2)19(12-17(16)20)23-14-15-8-6-5-7-9-15/h5-9,11-12,21H,3-4,10,13-14H2,1-2H3. The van der Waals surface area contributed by atoms with Crippen LogP contribution in [0, 0.1) is 0 Å². The van der Waals surface area contributed by atoms with Crippen LogP contribution in [0.25, 0.3) is 0 Å². The molecule has 23 heavy (non-hydrogen) atoms. The zero-order valence-electron chi connectivity index (χ0n) is 13.8. The van der Waals surface area contributed by atoms with Crippen LogP contribution in [0.3, 0.4) is 0 Å². The molecule has 0 atom stereocenters. The van der Waals surface area contributed by atoms with Crippen LogP contribution in [0.15, 0.2) is 46.9 Å². The fourth-order valence-corrected chi connectivity index (χ4v) is 2.71. The summed E-state index contributed by atoms with van der Waals surface area (Å²) >= 11 is 3.63. The van der Waals surface area contributed by atoms with Gasteiger partial charge in [-0.05, 0) is 36.2 Å². The molecule has 4 heteroatoms. The third-order valence-electron chi connectivity index (χ3n) is 3.59. The number of methoxy groups -OCH3 is 1. The van der Waals surface area contributed by atoms with E-state index < -0.39 is 0 Å². The van der Waals surface area contributed by atoms with Crippen molar-refractivity contribution < 1.29 is 9.47 Å². The summed E-state index contributed by atoms with van der Waals surface area (Å²) in [6.07, 6.45) is 2.39. The minimum atomic E-state index is 0.526. The van der Waals surface area contributed by atoms with Gasteiger partial charge < -0.3 is 14.8 Å². The maximum atomic E-state index is 5.92. The molecule has 0 saturated carbocycles. The molecule has 0 aliphatic carbocycles. The molecule has 124 valence electrons. The molecule has 0 aromatic heterocycles. The van der Waals surface area contributed by atoms with Crippen LogP contribution < -0.4 is 14.8 Å². The smallest absolute Gasteiger partial charge is 0.162 e. The lowest BCUT2D eigenvalue weighted by Gasteiger charge is -2.14. The minimum Gasteiger partial charge on any atom is -0.493 e. The fraction of sp³-hybridized carbons (Fsp3) is 0.368. The number of rotatable bonds is 9. The van der Waals surface area contributed by atoms with Crippen molar-refractivity contribution in [1.29, 1.82) is 0 Å². The van der Waals surface area contributed by atoms with E-state index in [1.54, 1.807) is 7.11 Å². The third kappa shape index (κ3) is 5.56. The Hall–Kier alpha value is -1.52. The minimum absolute atomic E-state index is 0.526. The van der Waals surface area contributed by atoms with Gasteiger partial charge in [-0.3, -0.25) is 0 Å². The molecule has 0 unspecified atom stereocenters. The molecule has 0 bridgehead atoms. The van der Waals surface area contributed by atoms with Crippen molar-refractivity contribution in [2.75, 3.05) is 13.7 Å². The number of hydrogen-bond acceptors (Lipinski definition) is 3. The predicted octanol–water partition coefficient (Wildman–Crippen LogP) is 4.93. The first-order chi connectivity index (χ1) is 11.2. The summed E-state index contributed by atoms with van der Waals surface area (Å²) in [7, 11) is 1.67. The highest BCUT2D eigenvalue weighted by molar-refractivity contribution is 9.10. The number of ether oxygens (including phenoxy) is 2. The Balaban J connectivity index is 2.03. The number of unbranched alkanes of at least 4 members (excludes halogenated alkanes) is 1. The summed E-state index contributed by atoms with van der Waals surface area (Å²) in [5, 5.41) is 3.45. The lowest BCUT2D eigenvalue weighted by molar-refractivity contribution is 0.284. The Morgan fingerprint density at radius 1 is 1.09 bits per heavy atom. The Morgan fingerprint density at radius 2 is 1.87 bits per heavy atom. The molecule has 2 aromatic carbocycles. The SMILES string of the molecule is CCCCNCc1cc(OC)c(OCc2ccccc2)cc1Br. The molecule has 0 aliphatic rings. The second-order valence-corrected chi connectivity index (χ2v) is 6.25. The van der Waals surface area contributed by atoms with Gasteiger partial charge in [0.15, 0.2) is 11.5 Å². The molecule has 1 N–H and O–H groups in total. The molecule has 0 amide bonds. The van der Waals surface area contributed by atoms with Gasteiger partial charge in [0.05, 0.1) is 7.11 Å². The van der Waals surface area contributed by atoms with Gasteiger partial charge in [-0.25, -0.2) is 0 Å². The zero-order valence-corrected chi connectivity index (χ0v) is 15.4. The van der Waals surface area contributed by atoms with E-state index in [9.17, 15) is 0 Å². The highest BCUT2D eigenvalue weighted by Crippen LogP contribution is 2.34. The fourth-order valence-electron chi connectivity index (χ4n) is 2.25. The normalized spacial score (nSPS) is 10.6. The van der Waals surface area contributed by atoms with Gasteiger partial charge in [-0.1, -0.05) is 59.6 Å². The summed E-state index contributed by atoms with van der Waals surface area (Å²) in [6, 6.07) is 14.1. The molecule has 2 rings (SSSR count). The van der Waals surface area contributed by atoms with Crippen molar-refractivity contribution in [2.24, 2.45) is 0 Å². The van der Waals surface area contributed by atoms with Crippen LogP contribution in [-0.4, -0.2) is 13.7 Å². The monoisotopic (exact) mass is 377 g/mol. The van der Waals surface area contributed by atoms with E-state index >= 15 is 0 Å². The van der Waals surface area contributed by atoms with Gasteiger partial charge in [0.25, 0.3) is 0 Å². The summed E-state index contributed by atoms with van der Waals surface area (Å²) in [4.78, 5) is 0. The van der Waals surface area contributed by atoms with Gasteiger partial charge in [-0.2, -0.15) is 0 Å². The molecule has 0 fully saturated rings. The Bertz CT molecular complexity index is 602. The van der Waals surface area contributed by atoms with Crippen LogP contribution in [0.2, 0.25) is 0 Å². The van der Waals surface area contributed by atoms with Gasteiger partial charge in [0.1, 0.15) is 6.61 Å². The van der Waals surface area contributed by atoms with E-state index in [0.29, 0.717) is 6.61 Å². The first kappa shape index (κ1) is 17.8. The van der Waals surface area contributed by atoms with Gasteiger partial charge in [0, 0.05) is 11.0 Å². The van der Waals surface area contributed by atoms with Crippen molar-refractivity contribution in [3.63, 3.8) is 0 Å². The maximum absolute atomic E-state index is 5.92. The first-order valence-electron chi connectivity index (χ1n) is 7.98. The summed E-state index contributed by atoms with van der Waals surface area (Å²) in [6.45, 7) is 4.56. The van der Waals surface area contributed by atoms with Gasteiger partial charge in [-0.15, -0.1) is 0 Å². The van der Waals surface area contributed by atoms with Crippen molar-refractivity contribution in [1.82, 2.24) is 5.32 Å². The second-order valence-electron chi connectivity index (χ2n) is 5.40. The van der Waals surface area contributed by atoms with Crippen LogP contribution >= 0.6 is 15.9 Å². The van der Waals surface area contributed by atoms with E-state index in [0.717, 1.165) is 34.6 Å². The van der Waals surface area contributed by atoms with Gasteiger partial charge >= 0.3 is 0 Å². The third-order valence-corrected chi connectivity index (χ3v) is 4.33. The van der Waals surface area contributed by atoms with Gasteiger partial charge in [0.2, 0.25) is 0 Å². The number of benzene rings is 2. The maximum Gasteiger partial charge on any atom is 0.162 e. The highest BCUT2D eigenvalue weighted by atomic mass is 79.9. The van der Waals surface area contributed by atoms with E-state index in [2.05, 4.69) is 28.2 Å². The van der Waals surface area contributed by atoms with Crippen LogP contribution in [-0.2, 0) is 13.2 Å². The van der Waals surface area contributed by atoms with Crippen LogP contribution in [0.5, 0.6) is 11.5 Å². The number of hydrogen-bond donors (Lipinski definition) is 1. The summed E-state index contributed by atoms with van der Waals surface area (Å²) in [5.41, 5.74) is 2.31. The van der Waals surface area contributed by atoms with E-state index in [-0.39, 0.29) is 0 Å². The number of nitrogens with one attached hydrogen (secondary N) is 1. The molecular weight excluding hydrogens is 354 g/mol. The lowest BCUT2D eigenvalue weighted by Crippen LogP contribution is -2.15. The lowest BCUT2D eigenvalue weighted by atomic mass is 10.2.